The van der Waals surface area contributed by atoms with Crippen LogP contribution in [0.5, 0.6) is 5.75 Å². The molecule has 5 heteroatoms. The third kappa shape index (κ3) is 2.09. The Kier molecular flexibility index (Phi) is 3.23. The van der Waals surface area contributed by atoms with Crippen molar-refractivity contribution >= 4 is 29.2 Å². The second kappa shape index (κ2) is 4.39. The highest BCUT2D eigenvalue weighted by atomic mass is 35.5. The number of carbonyl (C=O) groups excluding carboxylic acids is 1. The molecule has 0 spiro atoms. The molecule has 1 heterocycles. The zero-order valence-electron chi connectivity index (χ0n) is 9.55. The van der Waals surface area contributed by atoms with Crippen LogP contribution in [-0.2, 0) is 4.74 Å². The summed E-state index contributed by atoms with van der Waals surface area (Å²) in [4.78, 5) is 11.9. The molecule has 0 aromatic heterocycles. The topological polar surface area (TPSA) is 35.5 Å². The fourth-order valence-corrected chi connectivity index (χ4v) is 2.32. The third-order valence-electron chi connectivity index (χ3n) is 2.87. The molecule has 0 atom stereocenters. The number of ether oxygens (including phenoxy) is 2. The third-order valence-corrected chi connectivity index (χ3v) is 3.37. The van der Waals surface area contributed by atoms with Crippen LogP contribution < -0.4 is 4.74 Å². The average molecular weight is 275 g/mol. The quantitative estimate of drug-likeness (QED) is 0.763. The van der Waals surface area contributed by atoms with Gasteiger partial charge in [0.25, 0.3) is 5.79 Å². The van der Waals surface area contributed by atoms with Crippen LogP contribution in [-0.4, -0.2) is 11.8 Å². The van der Waals surface area contributed by atoms with Crippen LogP contribution in [0.1, 0.15) is 37.0 Å². The highest BCUT2D eigenvalue weighted by Gasteiger charge is 2.40. The summed E-state index contributed by atoms with van der Waals surface area (Å²) in [5, 5.41) is 0.713. The van der Waals surface area contributed by atoms with Crippen molar-refractivity contribution in [1.82, 2.24) is 0 Å². The van der Waals surface area contributed by atoms with Crippen molar-refractivity contribution in [1.29, 1.82) is 0 Å². The first-order valence-corrected chi connectivity index (χ1v) is 6.18. The van der Waals surface area contributed by atoms with Crippen molar-refractivity contribution in [3.05, 3.63) is 27.7 Å². The normalized spacial score (nSPS) is 17.1. The van der Waals surface area contributed by atoms with E-state index >= 15 is 0 Å². The maximum absolute atomic E-state index is 11.9. The van der Waals surface area contributed by atoms with Crippen molar-refractivity contribution in [3.63, 3.8) is 0 Å². The Morgan fingerprint density at radius 1 is 1.18 bits per heavy atom. The molecular weight excluding hydrogens is 263 g/mol. The van der Waals surface area contributed by atoms with E-state index in [0.29, 0.717) is 28.6 Å². The van der Waals surface area contributed by atoms with Gasteiger partial charge in [0, 0.05) is 17.9 Å². The molecule has 0 bridgehead atoms. The molecule has 2 rings (SSSR count). The lowest BCUT2D eigenvalue weighted by Crippen LogP contribution is -2.43. The maximum Gasteiger partial charge on any atom is 0.345 e. The monoisotopic (exact) mass is 274 g/mol. The first-order valence-electron chi connectivity index (χ1n) is 5.42. The van der Waals surface area contributed by atoms with E-state index in [1.807, 2.05) is 13.8 Å². The molecule has 0 fully saturated rings. The lowest BCUT2D eigenvalue weighted by molar-refractivity contribution is -0.158. The lowest BCUT2D eigenvalue weighted by Gasteiger charge is -2.36. The van der Waals surface area contributed by atoms with Gasteiger partial charge in [-0.3, -0.25) is 0 Å². The van der Waals surface area contributed by atoms with E-state index in [1.54, 1.807) is 6.07 Å². The van der Waals surface area contributed by atoms with Gasteiger partial charge in [-0.05, 0) is 12.1 Å². The fraction of sp³-hybridized carbons (Fsp3) is 0.417. The minimum absolute atomic E-state index is 0.278. The number of halogens is 2. The van der Waals surface area contributed by atoms with Gasteiger partial charge >= 0.3 is 5.97 Å². The standard InChI is InChI=1S/C12H12Cl2O3/c1-3-12(4-2)16-10-8(11(15)17-12)5-7(13)6-9(10)14/h5-6H,3-4H2,1-2H3. The lowest BCUT2D eigenvalue weighted by atomic mass is 10.1. The molecule has 0 N–H and O–H groups in total. The molecule has 0 aliphatic carbocycles. The molecule has 0 radical (unpaired) electrons. The summed E-state index contributed by atoms with van der Waals surface area (Å²) in [5.74, 6) is -1.00. The summed E-state index contributed by atoms with van der Waals surface area (Å²) >= 11 is 11.9. The van der Waals surface area contributed by atoms with Gasteiger partial charge < -0.3 is 9.47 Å². The van der Waals surface area contributed by atoms with Gasteiger partial charge in [0.2, 0.25) is 0 Å². The summed E-state index contributed by atoms with van der Waals surface area (Å²) in [5.41, 5.74) is 0.278. The molecule has 0 unspecified atom stereocenters. The Hall–Kier alpha value is -0.930. The van der Waals surface area contributed by atoms with Crippen LogP contribution in [0.25, 0.3) is 0 Å². The highest BCUT2D eigenvalue weighted by molar-refractivity contribution is 6.36. The molecule has 0 amide bonds. The fourth-order valence-electron chi connectivity index (χ4n) is 1.79. The van der Waals surface area contributed by atoms with Gasteiger partial charge in [0.15, 0.2) is 5.75 Å². The Bertz CT molecular complexity index is 467. The number of rotatable bonds is 2. The molecule has 17 heavy (non-hydrogen) atoms. The van der Waals surface area contributed by atoms with E-state index in [0.717, 1.165) is 0 Å². The molecule has 0 saturated carbocycles. The maximum atomic E-state index is 11.9. The number of benzene rings is 1. The van der Waals surface area contributed by atoms with Crippen molar-refractivity contribution in [2.24, 2.45) is 0 Å². The van der Waals surface area contributed by atoms with E-state index in [9.17, 15) is 4.79 Å². The average Bonchev–Trinajstić information content (AvgIpc) is 2.30. The van der Waals surface area contributed by atoms with E-state index in [1.165, 1.54) is 6.07 Å². The minimum atomic E-state index is -0.915. The number of hydrogen-bond donors (Lipinski definition) is 0. The van der Waals surface area contributed by atoms with Gasteiger partial charge in [-0.2, -0.15) is 0 Å². The van der Waals surface area contributed by atoms with Crippen molar-refractivity contribution in [3.8, 4) is 5.75 Å². The first-order chi connectivity index (χ1) is 8.01. The highest BCUT2D eigenvalue weighted by Crippen LogP contribution is 2.41. The van der Waals surface area contributed by atoms with Crippen molar-refractivity contribution in [2.45, 2.75) is 32.5 Å². The number of carbonyl (C=O) groups is 1. The predicted molar refractivity (Wildman–Crippen MR) is 65.8 cm³/mol. The molecule has 1 aliphatic rings. The van der Waals surface area contributed by atoms with Gasteiger partial charge in [0.05, 0.1) is 5.02 Å². The van der Waals surface area contributed by atoms with Crippen LogP contribution in [0, 0.1) is 0 Å². The molecule has 1 aromatic carbocycles. The Balaban J connectivity index is 2.53. The molecule has 92 valence electrons. The van der Waals surface area contributed by atoms with Gasteiger partial charge in [0.1, 0.15) is 5.56 Å². The molecule has 1 aliphatic heterocycles. The summed E-state index contributed by atoms with van der Waals surface area (Å²) in [6, 6.07) is 3.05. The Morgan fingerprint density at radius 3 is 2.41 bits per heavy atom. The molecule has 0 saturated heterocycles. The number of fused-ring (bicyclic) bond motifs is 1. The number of hydrogen-bond acceptors (Lipinski definition) is 3. The van der Waals surface area contributed by atoms with Crippen LogP contribution in [0.3, 0.4) is 0 Å². The number of cyclic esters (lactones) is 1. The van der Waals surface area contributed by atoms with Gasteiger partial charge in [-0.1, -0.05) is 37.0 Å². The van der Waals surface area contributed by atoms with Gasteiger partial charge in [-0.25, -0.2) is 4.79 Å². The molecule has 3 nitrogen and oxygen atoms in total. The van der Waals surface area contributed by atoms with E-state index in [2.05, 4.69) is 0 Å². The van der Waals surface area contributed by atoms with E-state index in [4.69, 9.17) is 32.7 Å². The zero-order chi connectivity index (χ0) is 12.6. The minimum Gasteiger partial charge on any atom is -0.450 e. The first kappa shape index (κ1) is 12.5. The smallest absolute Gasteiger partial charge is 0.345 e. The van der Waals surface area contributed by atoms with Crippen molar-refractivity contribution < 1.29 is 14.3 Å². The van der Waals surface area contributed by atoms with E-state index in [-0.39, 0.29) is 5.56 Å². The summed E-state index contributed by atoms with van der Waals surface area (Å²) in [7, 11) is 0. The summed E-state index contributed by atoms with van der Waals surface area (Å²) in [6.45, 7) is 3.79. The number of esters is 1. The van der Waals surface area contributed by atoms with Gasteiger partial charge in [-0.15, -0.1) is 0 Å². The van der Waals surface area contributed by atoms with Crippen LogP contribution >= 0.6 is 23.2 Å². The second-order valence-electron chi connectivity index (χ2n) is 3.87. The SMILES string of the molecule is CCC1(CC)OC(=O)c2cc(Cl)cc(Cl)c2O1. The molecular formula is C12H12Cl2O3. The molecule has 1 aromatic rings. The Labute approximate surface area is 110 Å². The van der Waals surface area contributed by atoms with Crippen molar-refractivity contribution in [2.75, 3.05) is 0 Å². The Morgan fingerprint density at radius 2 is 1.82 bits per heavy atom. The van der Waals surface area contributed by atoms with Crippen LogP contribution in [0.2, 0.25) is 10.0 Å². The predicted octanol–water partition coefficient (Wildman–Crippen LogP) is 4.06. The second-order valence-corrected chi connectivity index (χ2v) is 4.72. The summed E-state index contributed by atoms with van der Waals surface area (Å²) < 4.78 is 11.1. The van der Waals surface area contributed by atoms with E-state index < -0.39 is 11.8 Å². The van der Waals surface area contributed by atoms with Crippen LogP contribution in [0.15, 0.2) is 12.1 Å². The summed E-state index contributed by atoms with van der Waals surface area (Å²) in [6.07, 6.45) is 1.13. The van der Waals surface area contributed by atoms with Crippen LogP contribution in [0.4, 0.5) is 0 Å². The zero-order valence-corrected chi connectivity index (χ0v) is 11.1. The largest absolute Gasteiger partial charge is 0.450 e.